The Morgan fingerprint density at radius 2 is 1.50 bits per heavy atom. The third kappa shape index (κ3) is 3.73. The average molecular weight is 227 g/mol. The molecule has 0 aliphatic rings. The van der Waals surface area contributed by atoms with Gasteiger partial charge in [-0.2, -0.15) is 5.26 Å². The highest BCUT2D eigenvalue weighted by atomic mass is 19.1. The number of halogens is 2. The van der Waals surface area contributed by atoms with Crippen molar-refractivity contribution in [2.45, 2.75) is 0 Å². The van der Waals surface area contributed by atoms with E-state index in [0.717, 1.165) is 0 Å². The maximum Gasteiger partial charge on any atom is 0.124 e. The van der Waals surface area contributed by atoms with Crippen LogP contribution in [0.3, 0.4) is 0 Å². The lowest BCUT2D eigenvalue weighted by molar-refractivity contribution is 0.261. The van der Waals surface area contributed by atoms with Crippen LogP contribution in [0.4, 0.5) is 8.78 Å². The minimum absolute atomic E-state index is 0.0859. The van der Waals surface area contributed by atoms with E-state index in [1.54, 1.807) is 0 Å². The molecule has 0 amide bonds. The van der Waals surface area contributed by atoms with Crippen LogP contribution in [0.25, 0.3) is 0 Å². The Kier molecular flexibility index (Phi) is 5.06. The van der Waals surface area contributed by atoms with Crippen LogP contribution in [0.5, 0.6) is 11.5 Å². The van der Waals surface area contributed by atoms with Gasteiger partial charge < -0.3 is 9.47 Å². The van der Waals surface area contributed by atoms with Crippen LogP contribution in [0.15, 0.2) is 18.2 Å². The molecule has 0 radical (unpaired) electrons. The number of rotatable bonds is 6. The second-order valence-electron chi connectivity index (χ2n) is 2.88. The van der Waals surface area contributed by atoms with Gasteiger partial charge in [-0.1, -0.05) is 0 Å². The Labute approximate surface area is 92.2 Å². The van der Waals surface area contributed by atoms with E-state index in [1.807, 2.05) is 6.07 Å². The molecule has 0 aliphatic heterocycles. The zero-order chi connectivity index (χ0) is 11.8. The molecule has 3 nitrogen and oxygen atoms in total. The first-order chi connectivity index (χ1) is 7.80. The van der Waals surface area contributed by atoms with Crippen molar-refractivity contribution in [3.63, 3.8) is 0 Å². The molecule has 16 heavy (non-hydrogen) atoms. The first-order valence-corrected chi connectivity index (χ1v) is 4.73. The fourth-order valence-corrected chi connectivity index (χ4v) is 1.12. The molecule has 0 atom stereocenters. The first-order valence-electron chi connectivity index (χ1n) is 4.73. The zero-order valence-electron chi connectivity index (χ0n) is 8.58. The third-order valence-electron chi connectivity index (χ3n) is 1.70. The van der Waals surface area contributed by atoms with Crippen molar-refractivity contribution in [3.8, 4) is 17.6 Å². The monoisotopic (exact) mass is 227 g/mol. The lowest BCUT2D eigenvalue weighted by Gasteiger charge is -2.08. The van der Waals surface area contributed by atoms with Gasteiger partial charge in [0.25, 0.3) is 0 Å². The van der Waals surface area contributed by atoms with Crippen LogP contribution >= 0.6 is 0 Å². The molecule has 0 aliphatic carbocycles. The lowest BCUT2D eigenvalue weighted by Crippen LogP contribution is -2.02. The van der Waals surface area contributed by atoms with E-state index in [1.165, 1.54) is 18.2 Å². The van der Waals surface area contributed by atoms with E-state index in [4.69, 9.17) is 14.7 Å². The van der Waals surface area contributed by atoms with Gasteiger partial charge in [-0.3, -0.25) is 0 Å². The van der Waals surface area contributed by atoms with Crippen LogP contribution in [0, 0.1) is 11.3 Å². The third-order valence-corrected chi connectivity index (χ3v) is 1.70. The average Bonchev–Trinajstić information content (AvgIpc) is 2.33. The number of hydrogen-bond donors (Lipinski definition) is 0. The van der Waals surface area contributed by atoms with Crippen LogP contribution < -0.4 is 9.47 Å². The molecule has 0 N–H and O–H groups in total. The maximum absolute atomic E-state index is 11.9. The Hall–Kier alpha value is -1.83. The van der Waals surface area contributed by atoms with Crippen molar-refractivity contribution >= 4 is 0 Å². The van der Waals surface area contributed by atoms with E-state index in [2.05, 4.69) is 0 Å². The van der Waals surface area contributed by atoms with Gasteiger partial charge in [-0.15, -0.1) is 0 Å². The number of ether oxygens (including phenoxy) is 2. The first kappa shape index (κ1) is 12.2. The molecule has 1 aromatic carbocycles. The van der Waals surface area contributed by atoms with Crippen molar-refractivity contribution in [3.05, 3.63) is 23.8 Å². The minimum atomic E-state index is -0.614. The van der Waals surface area contributed by atoms with E-state index < -0.39 is 13.3 Å². The Bertz CT molecular complexity index is 350. The fourth-order valence-electron chi connectivity index (χ4n) is 1.12. The van der Waals surface area contributed by atoms with Crippen LogP contribution in [0.2, 0.25) is 0 Å². The van der Waals surface area contributed by atoms with Crippen molar-refractivity contribution in [2.24, 2.45) is 0 Å². The Morgan fingerprint density at radius 1 is 1.00 bits per heavy atom. The number of nitriles is 1. The summed E-state index contributed by atoms with van der Waals surface area (Å²) in [7, 11) is 0. The van der Waals surface area contributed by atoms with Gasteiger partial charge in [-0.25, -0.2) is 8.78 Å². The van der Waals surface area contributed by atoms with Crippen LogP contribution in [0.1, 0.15) is 5.56 Å². The largest absolute Gasteiger partial charge is 0.491 e. The predicted molar refractivity (Wildman–Crippen MR) is 54.1 cm³/mol. The summed E-state index contributed by atoms with van der Waals surface area (Å²) in [4.78, 5) is 0. The topological polar surface area (TPSA) is 42.2 Å². The predicted octanol–water partition coefficient (Wildman–Crippen LogP) is 2.25. The Morgan fingerprint density at radius 3 is 1.88 bits per heavy atom. The molecule has 0 saturated carbocycles. The smallest absolute Gasteiger partial charge is 0.124 e. The Balaban J connectivity index is 2.79. The number of nitrogens with zero attached hydrogens (tertiary/aromatic N) is 1. The highest BCUT2D eigenvalue weighted by Crippen LogP contribution is 2.22. The molecule has 0 fully saturated rings. The quantitative estimate of drug-likeness (QED) is 0.748. The lowest BCUT2D eigenvalue weighted by atomic mass is 10.2. The van der Waals surface area contributed by atoms with Crippen LogP contribution in [-0.2, 0) is 0 Å². The summed E-state index contributed by atoms with van der Waals surface area (Å²) >= 11 is 0. The second kappa shape index (κ2) is 6.62. The molecule has 0 spiro atoms. The van der Waals surface area contributed by atoms with E-state index >= 15 is 0 Å². The van der Waals surface area contributed by atoms with Crippen molar-refractivity contribution < 1.29 is 18.3 Å². The molecule has 0 saturated heterocycles. The van der Waals surface area contributed by atoms with Crippen molar-refractivity contribution in [1.82, 2.24) is 0 Å². The molecule has 5 heteroatoms. The fraction of sp³-hybridized carbons (Fsp3) is 0.364. The molecule has 0 unspecified atom stereocenters. The van der Waals surface area contributed by atoms with E-state index in [9.17, 15) is 8.78 Å². The maximum atomic E-state index is 11.9. The molecule has 86 valence electrons. The van der Waals surface area contributed by atoms with Gasteiger partial charge in [0.1, 0.15) is 38.1 Å². The standard InChI is InChI=1S/C11H11F2NO2/c12-1-3-15-10-5-9(8-14)6-11(7-10)16-4-2-13/h5-7H,1-4H2. The number of benzene rings is 1. The van der Waals surface area contributed by atoms with E-state index in [-0.39, 0.29) is 13.2 Å². The summed E-state index contributed by atoms with van der Waals surface area (Å²) in [5.74, 6) is 0.677. The van der Waals surface area contributed by atoms with Gasteiger partial charge in [0, 0.05) is 6.07 Å². The van der Waals surface area contributed by atoms with E-state index in [0.29, 0.717) is 17.1 Å². The number of alkyl halides is 2. The summed E-state index contributed by atoms with van der Waals surface area (Å²) < 4.78 is 33.8. The molecular formula is C11H11F2NO2. The van der Waals surface area contributed by atoms with Gasteiger partial charge in [-0.05, 0) is 12.1 Å². The van der Waals surface area contributed by atoms with Gasteiger partial charge in [0.2, 0.25) is 0 Å². The molecule has 1 aromatic rings. The molecule has 0 aromatic heterocycles. The molecule has 0 bridgehead atoms. The molecule has 1 rings (SSSR count). The summed E-state index contributed by atoms with van der Waals surface area (Å²) in [6.45, 7) is -1.40. The normalized spacial score (nSPS) is 9.56. The van der Waals surface area contributed by atoms with Gasteiger partial charge in [0.05, 0.1) is 11.6 Å². The summed E-state index contributed by atoms with van der Waals surface area (Å²) in [6, 6.07) is 6.35. The highest BCUT2D eigenvalue weighted by molar-refractivity contribution is 5.43. The van der Waals surface area contributed by atoms with Gasteiger partial charge in [0.15, 0.2) is 0 Å². The summed E-state index contributed by atoms with van der Waals surface area (Å²) in [5.41, 5.74) is 0.324. The number of hydrogen-bond acceptors (Lipinski definition) is 3. The van der Waals surface area contributed by atoms with Crippen molar-refractivity contribution in [1.29, 1.82) is 5.26 Å². The minimum Gasteiger partial charge on any atom is -0.491 e. The summed E-state index contributed by atoms with van der Waals surface area (Å²) in [6.07, 6.45) is 0. The molecular weight excluding hydrogens is 216 g/mol. The SMILES string of the molecule is N#Cc1cc(OCCF)cc(OCCF)c1. The van der Waals surface area contributed by atoms with Crippen LogP contribution in [-0.4, -0.2) is 26.6 Å². The summed E-state index contributed by atoms with van der Waals surface area (Å²) in [5, 5.41) is 8.73. The molecule has 0 heterocycles. The highest BCUT2D eigenvalue weighted by Gasteiger charge is 2.03. The van der Waals surface area contributed by atoms with Gasteiger partial charge >= 0.3 is 0 Å². The van der Waals surface area contributed by atoms with Crippen molar-refractivity contribution in [2.75, 3.05) is 26.6 Å². The zero-order valence-corrected chi connectivity index (χ0v) is 8.58. The second-order valence-corrected chi connectivity index (χ2v) is 2.88.